The van der Waals surface area contributed by atoms with Gasteiger partial charge in [0, 0.05) is 6.42 Å². The van der Waals surface area contributed by atoms with E-state index in [2.05, 4.69) is 55.6 Å². The Bertz CT molecular complexity index is 1000. The number of aliphatic hydroxyl groups is 1. The van der Waals surface area contributed by atoms with Crippen molar-refractivity contribution in [2.75, 3.05) is 5.75 Å². The summed E-state index contributed by atoms with van der Waals surface area (Å²) >= 11 is 0. The second-order valence-corrected chi connectivity index (χ2v) is 16.4. The quantitative estimate of drug-likeness (QED) is 0.0330. The van der Waals surface area contributed by atoms with E-state index in [1.165, 1.54) is 122 Å². The summed E-state index contributed by atoms with van der Waals surface area (Å²) in [6.07, 6.45) is 52.4. The molecule has 0 aromatic heterocycles. The Morgan fingerprint density at radius 1 is 0.538 bits per heavy atom. The van der Waals surface area contributed by atoms with Crippen molar-refractivity contribution in [2.24, 2.45) is 0 Å². The van der Waals surface area contributed by atoms with Crippen molar-refractivity contribution >= 4 is 16.0 Å². The topological polar surface area (TPSA) is 104 Å². The molecule has 0 fully saturated rings. The molecule has 0 rings (SSSR count). The summed E-state index contributed by atoms with van der Waals surface area (Å²) in [6, 6.07) is -1.06. The number of carbonyl (C=O) groups is 1. The van der Waals surface area contributed by atoms with Gasteiger partial charge < -0.3 is 10.4 Å². The zero-order valence-corrected chi connectivity index (χ0v) is 34.7. The van der Waals surface area contributed by atoms with Crippen LogP contribution in [0.4, 0.5) is 0 Å². The van der Waals surface area contributed by atoms with Gasteiger partial charge in [-0.15, -0.1) is 0 Å². The summed E-state index contributed by atoms with van der Waals surface area (Å²) < 4.78 is 32.5. The minimum absolute atomic E-state index is 0.284. The predicted molar refractivity (Wildman–Crippen MR) is 225 cm³/mol. The number of unbranched alkanes of at least 4 members (excludes halogenated alkanes) is 25. The Labute approximate surface area is 322 Å². The lowest BCUT2D eigenvalue weighted by Crippen LogP contribution is -2.46. The number of hydrogen-bond donors (Lipinski definition) is 3. The van der Waals surface area contributed by atoms with E-state index in [4.69, 9.17) is 0 Å². The van der Waals surface area contributed by atoms with Crippen molar-refractivity contribution in [2.45, 2.75) is 225 Å². The first-order chi connectivity index (χ1) is 25.3. The molecule has 1 amide bonds. The summed E-state index contributed by atoms with van der Waals surface area (Å²) in [5, 5.41) is 13.3. The number of amides is 1. The monoisotopic (exact) mass is 750 g/mol. The first kappa shape index (κ1) is 50.3. The van der Waals surface area contributed by atoms with Gasteiger partial charge in [0.05, 0.1) is 17.9 Å². The van der Waals surface area contributed by atoms with Crippen LogP contribution in [-0.4, -0.2) is 41.9 Å². The molecule has 0 radical (unpaired) electrons. The molecule has 0 saturated carbocycles. The van der Waals surface area contributed by atoms with Crippen LogP contribution in [-0.2, 0) is 14.9 Å². The average molecular weight is 750 g/mol. The highest BCUT2D eigenvalue weighted by Gasteiger charge is 2.24. The zero-order chi connectivity index (χ0) is 38.2. The van der Waals surface area contributed by atoms with Crippen LogP contribution in [0.25, 0.3) is 0 Å². The van der Waals surface area contributed by atoms with E-state index in [-0.39, 0.29) is 12.3 Å². The van der Waals surface area contributed by atoms with Crippen LogP contribution in [0.2, 0.25) is 0 Å². The molecule has 2 atom stereocenters. The third kappa shape index (κ3) is 39.5. The fourth-order valence-electron chi connectivity index (χ4n) is 6.52. The van der Waals surface area contributed by atoms with E-state index in [1.807, 2.05) is 6.08 Å². The highest BCUT2D eigenvalue weighted by Crippen LogP contribution is 2.15. The van der Waals surface area contributed by atoms with Gasteiger partial charge in [0.15, 0.2) is 0 Å². The summed E-state index contributed by atoms with van der Waals surface area (Å²) in [5.41, 5.74) is 0. The van der Waals surface area contributed by atoms with E-state index < -0.39 is 28.0 Å². The Morgan fingerprint density at radius 3 is 1.37 bits per heavy atom. The average Bonchev–Trinajstić information content (AvgIpc) is 3.11. The molecule has 0 spiro atoms. The third-order valence-corrected chi connectivity index (χ3v) is 10.5. The lowest BCUT2D eigenvalue weighted by Gasteiger charge is -2.21. The van der Waals surface area contributed by atoms with Crippen LogP contribution in [0.3, 0.4) is 0 Å². The maximum absolute atomic E-state index is 12.5. The number of hydrogen-bond acceptors (Lipinski definition) is 4. The zero-order valence-electron chi connectivity index (χ0n) is 33.9. The predicted octanol–water partition coefficient (Wildman–Crippen LogP) is 13.1. The first-order valence-corrected chi connectivity index (χ1v) is 23.4. The van der Waals surface area contributed by atoms with Crippen molar-refractivity contribution in [3.05, 3.63) is 48.6 Å². The Kier molecular flexibility index (Phi) is 37.7. The molecule has 3 N–H and O–H groups in total. The summed E-state index contributed by atoms with van der Waals surface area (Å²) in [4.78, 5) is 12.5. The van der Waals surface area contributed by atoms with E-state index in [0.29, 0.717) is 0 Å². The number of nitrogens with one attached hydrogen (secondary N) is 1. The van der Waals surface area contributed by atoms with Gasteiger partial charge in [-0.05, 0) is 51.4 Å². The van der Waals surface area contributed by atoms with E-state index in [9.17, 15) is 22.9 Å². The second-order valence-electron chi connectivity index (χ2n) is 14.9. The van der Waals surface area contributed by atoms with E-state index >= 15 is 0 Å². The second kappa shape index (κ2) is 39.0. The van der Waals surface area contributed by atoms with Crippen LogP contribution in [0.5, 0.6) is 0 Å². The molecule has 0 heterocycles. The molecule has 0 aliphatic heterocycles. The van der Waals surface area contributed by atoms with Crippen LogP contribution >= 0.6 is 0 Å². The van der Waals surface area contributed by atoms with Gasteiger partial charge in [-0.3, -0.25) is 9.35 Å². The van der Waals surface area contributed by atoms with Crippen LogP contribution in [0.15, 0.2) is 48.6 Å². The highest BCUT2D eigenvalue weighted by atomic mass is 32.2. The molecule has 7 heteroatoms. The lowest BCUT2D eigenvalue weighted by molar-refractivity contribution is -0.122. The van der Waals surface area contributed by atoms with E-state index in [1.54, 1.807) is 6.08 Å². The van der Waals surface area contributed by atoms with Crippen LogP contribution in [0.1, 0.15) is 213 Å². The molecule has 304 valence electrons. The van der Waals surface area contributed by atoms with Crippen LogP contribution < -0.4 is 5.32 Å². The summed E-state index contributed by atoms with van der Waals surface area (Å²) in [7, 11) is -4.35. The van der Waals surface area contributed by atoms with Crippen molar-refractivity contribution in [1.82, 2.24) is 5.32 Å². The van der Waals surface area contributed by atoms with Gasteiger partial charge in [-0.1, -0.05) is 204 Å². The van der Waals surface area contributed by atoms with Gasteiger partial charge in [-0.2, -0.15) is 8.42 Å². The smallest absolute Gasteiger partial charge is 0.267 e. The van der Waals surface area contributed by atoms with E-state index in [0.717, 1.165) is 70.6 Å². The third-order valence-electron chi connectivity index (χ3n) is 9.76. The molecule has 0 saturated heterocycles. The largest absolute Gasteiger partial charge is 0.387 e. The highest BCUT2D eigenvalue weighted by molar-refractivity contribution is 7.85. The fraction of sp³-hybridized carbons (Fsp3) is 0.800. The normalized spacial score (nSPS) is 13.7. The van der Waals surface area contributed by atoms with Crippen molar-refractivity contribution in [1.29, 1.82) is 0 Å². The Balaban J connectivity index is 3.89. The number of carbonyl (C=O) groups excluding carboxylic acids is 1. The Morgan fingerprint density at radius 2 is 0.923 bits per heavy atom. The molecule has 0 aromatic carbocycles. The van der Waals surface area contributed by atoms with Gasteiger partial charge in [-0.25, -0.2) is 0 Å². The molecular weight excluding hydrogens is 667 g/mol. The standard InChI is InChI=1S/C45H83NO5S/c1-3-5-7-9-11-13-15-17-19-21-22-23-25-26-28-30-32-34-36-38-40-44(47)43(42-52(49,50)51)46-45(48)41-39-37-35-33-31-29-27-24-20-18-16-14-12-10-8-6-4-2/h6,8,12,14,18,20,38,40,43-44,47H,3-5,7,9-11,13,15-17,19,21-37,39,41-42H2,1-2H3,(H,46,48)(H,49,50,51)/b8-6-,14-12-,20-18-,40-38+. The minimum Gasteiger partial charge on any atom is -0.387 e. The molecule has 6 nitrogen and oxygen atoms in total. The van der Waals surface area contributed by atoms with Gasteiger partial charge in [0.2, 0.25) is 5.91 Å². The van der Waals surface area contributed by atoms with Crippen molar-refractivity contribution < 1.29 is 22.9 Å². The van der Waals surface area contributed by atoms with Crippen LogP contribution in [0, 0.1) is 0 Å². The van der Waals surface area contributed by atoms with Gasteiger partial charge >= 0.3 is 0 Å². The SMILES string of the molecule is CC/C=C\C/C=C\C/C=C\CCCCCCCCCC(=O)NC(CS(=O)(=O)O)C(O)/C=C/CCCCCCCCCCCCCCCCCCCC. The number of rotatable bonds is 39. The maximum Gasteiger partial charge on any atom is 0.267 e. The molecule has 0 aliphatic carbocycles. The summed E-state index contributed by atoms with van der Waals surface area (Å²) in [5.74, 6) is -0.991. The molecule has 0 bridgehead atoms. The summed E-state index contributed by atoms with van der Waals surface area (Å²) in [6.45, 7) is 4.42. The van der Waals surface area contributed by atoms with Gasteiger partial charge in [0.1, 0.15) is 0 Å². The Hall–Kier alpha value is -1.70. The molecule has 2 unspecified atom stereocenters. The lowest BCUT2D eigenvalue weighted by atomic mass is 10.0. The van der Waals surface area contributed by atoms with Gasteiger partial charge in [0.25, 0.3) is 10.1 Å². The number of allylic oxidation sites excluding steroid dienone is 7. The molecule has 0 aliphatic rings. The fourth-order valence-corrected chi connectivity index (χ4v) is 7.26. The number of aliphatic hydroxyl groups excluding tert-OH is 1. The molecule has 52 heavy (non-hydrogen) atoms. The van der Waals surface area contributed by atoms with Crippen molar-refractivity contribution in [3.63, 3.8) is 0 Å². The maximum atomic E-state index is 12.5. The first-order valence-electron chi connectivity index (χ1n) is 21.8. The molecule has 0 aromatic rings. The molecular formula is C45H83NO5S. The minimum atomic E-state index is -4.35. The van der Waals surface area contributed by atoms with Crippen molar-refractivity contribution in [3.8, 4) is 0 Å².